The maximum Gasteiger partial charge on any atom is 0.333 e. The van der Waals surface area contributed by atoms with E-state index in [4.69, 9.17) is 9.47 Å². The van der Waals surface area contributed by atoms with Crippen molar-refractivity contribution in [3.63, 3.8) is 0 Å². The Labute approximate surface area is 188 Å². The maximum atomic E-state index is 12.8. The first kappa shape index (κ1) is 23.6. The molecule has 2 aromatic rings. The Bertz CT molecular complexity index is 1120. The highest BCUT2D eigenvalue weighted by molar-refractivity contribution is 8.15. The van der Waals surface area contributed by atoms with Gasteiger partial charge >= 0.3 is 5.69 Å². The summed E-state index contributed by atoms with van der Waals surface area (Å²) in [4.78, 5) is 41.8. The molecule has 1 atom stereocenters. The van der Waals surface area contributed by atoms with Crippen molar-refractivity contribution in [2.24, 2.45) is 19.1 Å². The topological polar surface area (TPSA) is 124 Å². The number of hydrogen-bond acceptors (Lipinski definition) is 8. The molecule has 11 heteroatoms. The second kappa shape index (κ2) is 10.5. The van der Waals surface area contributed by atoms with Crippen molar-refractivity contribution in [3.05, 3.63) is 50.7 Å². The van der Waals surface area contributed by atoms with E-state index in [0.29, 0.717) is 24.6 Å². The number of nitrogens with zero attached hydrogens (tertiary/aromatic N) is 3. The number of carbonyl (C=O) groups is 1. The van der Waals surface area contributed by atoms with Crippen molar-refractivity contribution >= 4 is 28.4 Å². The van der Waals surface area contributed by atoms with Crippen LogP contribution in [0.2, 0.25) is 0 Å². The fourth-order valence-electron chi connectivity index (χ4n) is 3.17. The van der Waals surface area contributed by atoms with Gasteiger partial charge in [-0.3, -0.25) is 18.7 Å². The molecule has 0 bridgehead atoms. The van der Waals surface area contributed by atoms with E-state index in [2.05, 4.69) is 10.3 Å². The number of carbonyl (C=O) groups excluding carboxylic acids is 1. The largest absolute Gasteiger partial charge is 0.497 e. The fraction of sp³-hybridized carbons (Fsp3) is 0.429. The summed E-state index contributed by atoms with van der Waals surface area (Å²) in [5.74, 6) is -0.174. The van der Waals surface area contributed by atoms with Gasteiger partial charge in [-0.1, -0.05) is 11.8 Å². The van der Waals surface area contributed by atoms with Crippen molar-refractivity contribution in [1.82, 2.24) is 14.5 Å². The van der Waals surface area contributed by atoms with Crippen molar-refractivity contribution in [3.8, 4) is 11.6 Å². The molecular weight excluding hydrogens is 436 g/mol. The number of hydrogen-bond donors (Lipinski definition) is 2. The summed E-state index contributed by atoms with van der Waals surface area (Å²) < 4.78 is 12.5. The number of aliphatic imine (C=N–C) groups is 1. The minimum absolute atomic E-state index is 0.0105. The Morgan fingerprint density at radius 3 is 2.62 bits per heavy atom. The lowest BCUT2D eigenvalue weighted by Gasteiger charge is -2.13. The lowest BCUT2D eigenvalue weighted by atomic mass is 10.2. The van der Waals surface area contributed by atoms with Gasteiger partial charge in [-0.2, -0.15) is 0 Å². The van der Waals surface area contributed by atoms with Crippen molar-refractivity contribution in [2.45, 2.75) is 18.9 Å². The van der Waals surface area contributed by atoms with Gasteiger partial charge in [0.05, 0.1) is 24.7 Å². The zero-order valence-electron chi connectivity index (χ0n) is 18.2. The molecule has 1 aromatic carbocycles. The van der Waals surface area contributed by atoms with Crippen LogP contribution >= 0.6 is 11.8 Å². The van der Waals surface area contributed by atoms with Gasteiger partial charge in [0.15, 0.2) is 0 Å². The molecule has 0 saturated carbocycles. The first-order chi connectivity index (χ1) is 15.3. The third-order valence-corrected chi connectivity index (χ3v) is 6.02. The van der Waals surface area contributed by atoms with E-state index in [1.165, 1.54) is 14.1 Å². The Morgan fingerprint density at radius 2 is 2.00 bits per heavy atom. The third-order valence-electron chi connectivity index (χ3n) is 5.04. The number of aromatic nitrogens is 2. The third kappa shape index (κ3) is 5.40. The molecule has 10 nitrogen and oxygen atoms in total. The predicted molar refractivity (Wildman–Crippen MR) is 122 cm³/mol. The smallest absolute Gasteiger partial charge is 0.333 e. The van der Waals surface area contributed by atoms with E-state index < -0.39 is 17.1 Å². The van der Waals surface area contributed by atoms with E-state index in [1.807, 2.05) is 0 Å². The molecule has 3 rings (SSSR count). The quantitative estimate of drug-likeness (QED) is 0.463. The number of nitrogens with one attached hydrogen (secondary N) is 1. The molecule has 2 N–H and O–H groups in total. The SMILES string of the molecule is COc1ccc(N=C(SCC(=O)NC[C@H]2CCCO2)c2c(O)n(C)c(=O)n(C)c2=O)cc1. The first-order valence-electron chi connectivity index (χ1n) is 10.0. The zero-order chi connectivity index (χ0) is 23.3. The van der Waals surface area contributed by atoms with E-state index in [9.17, 15) is 19.5 Å². The summed E-state index contributed by atoms with van der Waals surface area (Å²) in [5.41, 5.74) is -1.03. The van der Waals surface area contributed by atoms with Gasteiger partial charge in [0, 0.05) is 27.2 Å². The minimum Gasteiger partial charge on any atom is -0.497 e. The average molecular weight is 463 g/mol. The van der Waals surface area contributed by atoms with Crippen LogP contribution in [0.1, 0.15) is 18.4 Å². The second-order valence-corrected chi connectivity index (χ2v) is 8.21. The Morgan fingerprint density at radius 1 is 1.28 bits per heavy atom. The van der Waals surface area contributed by atoms with Crippen molar-refractivity contribution in [1.29, 1.82) is 0 Å². The Hall–Kier alpha value is -3.05. The number of methoxy groups -OCH3 is 1. The molecule has 172 valence electrons. The van der Waals surface area contributed by atoms with Crippen LogP contribution in [0.15, 0.2) is 38.8 Å². The molecule has 2 heterocycles. The van der Waals surface area contributed by atoms with Crippen LogP contribution in [-0.4, -0.2) is 57.3 Å². The number of rotatable bonds is 7. The van der Waals surface area contributed by atoms with E-state index in [-0.39, 0.29) is 28.4 Å². The molecule has 1 fully saturated rings. The van der Waals surface area contributed by atoms with Crippen molar-refractivity contribution < 1.29 is 19.4 Å². The van der Waals surface area contributed by atoms with Crippen LogP contribution in [-0.2, 0) is 23.6 Å². The number of amides is 1. The van der Waals surface area contributed by atoms with Crippen LogP contribution < -0.4 is 21.3 Å². The molecular formula is C21H26N4O6S. The van der Waals surface area contributed by atoms with Crippen LogP contribution in [0.5, 0.6) is 11.6 Å². The van der Waals surface area contributed by atoms with E-state index >= 15 is 0 Å². The van der Waals surface area contributed by atoms with Crippen molar-refractivity contribution in [2.75, 3.05) is 26.0 Å². The van der Waals surface area contributed by atoms with Gasteiger partial charge in [0.2, 0.25) is 11.8 Å². The second-order valence-electron chi connectivity index (χ2n) is 7.25. The van der Waals surface area contributed by atoms with Crippen LogP contribution in [0.25, 0.3) is 0 Å². The molecule has 0 spiro atoms. The number of thioether (sulfide) groups is 1. The maximum absolute atomic E-state index is 12.8. The minimum atomic E-state index is -0.704. The van der Waals surface area contributed by atoms with Gasteiger partial charge in [0.25, 0.3) is 5.56 Å². The Kier molecular flexibility index (Phi) is 7.75. The normalized spacial score (nSPS) is 16.2. The van der Waals surface area contributed by atoms with Gasteiger partial charge in [0.1, 0.15) is 16.4 Å². The first-order valence-corrected chi connectivity index (χ1v) is 11.0. The highest BCUT2D eigenvalue weighted by Gasteiger charge is 2.22. The van der Waals surface area contributed by atoms with Gasteiger partial charge in [-0.15, -0.1) is 0 Å². The molecule has 0 aliphatic carbocycles. The summed E-state index contributed by atoms with van der Waals surface area (Å²) in [7, 11) is 4.21. The fourth-order valence-corrected chi connectivity index (χ4v) is 4.04. The molecule has 0 radical (unpaired) electrons. The standard InChI is InChI=1S/C21H26N4O6S/c1-24-19(27)17(20(28)25(2)21(24)29)18(23-13-6-8-14(30-3)9-7-13)32-12-16(26)22-11-15-5-4-10-31-15/h6-9,15,27H,4-5,10-12H2,1-3H3,(H,22,26)/t15-/m1/s1. The zero-order valence-corrected chi connectivity index (χ0v) is 19.0. The highest BCUT2D eigenvalue weighted by atomic mass is 32.2. The highest BCUT2D eigenvalue weighted by Crippen LogP contribution is 2.24. The van der Waals surface area contributed by atoms with E-state index in [0.717, 1.165) is 33.7 Å². The number of ether oxygens (including phenoxy) is 2. The lowest BCUT2D eigenvalue weighted by molar-refractivity contribution is -0.119. The number of aromatic hydroxyl groups is 1. The van der Waals surface area contributed by atoms with Crippen LogP contribution in [0, 0.1) is 0 Å². The summed E-state index contributed by atoms with van der Waals surface area (Å²) in [5, 5.41) is 13.5. The Balaban J connectivity index is 1.90. The molecule has 1 amide bonds. The van der Waals surface area contributed by atoms with E-state index in [1.54, 1.807) is 31.4 Å². The lowest BCUT2D eigenvalue weighted by Crippen LogP contribution is -2.40. The average Bonchev–Trinajstić information content (AvgIpc) is 3.32. The summed E-state index contributed by atoms with van der Waals surface area (Å²) in [6.45, 7) is 1.11. The van der Waals surface area contributed by atoms with Crippen LogP contribution in [0.3, 0.4) is 0 Å². The molecule has 1 aromatic heterocycles. The predicted octanol–water partition coefficient (Wildman–Crippen LogP) is 0.905. The molecule has 1 aliphatic rings. The van der Waals surface area contributed by atoms with Gasteiger partial charge in [-0.25, -0.2) is 9.79 Å². The molecule has 0 unspecified atom stereocenters. The molecule has 1 aliphatic heterocycles. The van der Waals surface area contributed by atoms with Gasteiger partial charge < -0.3 is 19.9 Å². The molecule has 32 heavy (non-hydrogen) atoms. The summed E-state index contributed by atoms with van der Waals surface area (Å²) >= 11 is 0.999. The van der Waals surface area contributed by atoms with Gasteiger partial charge in [-0.05, 0) is 37.1 Å². The monoisotopic (exact) mass is 462 g/mol. The van der Waals surface area contributed by atoms with Crippen LogP contribution in [0.4, 0.5) is 5.69 Å². The summed E-state index contributed by atoms with van der Waals surface area (Å²) in [6, 6.07) is 6.77. The molecule has 1 saturated heterocycles. The number of benzene rings is 1. The summed E-state index contributed by atoms with van der Waals surface area (Å²) in [6.07, 6.45) is 1.89.